The number of fused-ring (bicyclic) bond motifs is 1. The monoisotopic (exact) mass is 397 g/mol. The number of amides is 1. The number of nitrogens with one attached hydrogen (secondary N) is 2. The molecule has 0 radical (unpaired) electrons. The summed E-state index contributed by atoms with van der Waals surface area (Å²) in [6.07, 6.45) is 0.235. The molecule has 2 aromatic carbocycles. The number of aliphatic hydroxyl groups is 1. The lowest BCUT2D eigenvalue weighted by molar-refractivity contribution is -0.129. The van der Waals surface area contributed by atoms with Crippen LogP contribution in [0.2, 0.25) is 5.02 Å². The highest BCUT2D eigenvalue weighted by Crippen LogP contribution is 2.31. The number of carbonyl (C=O) groups excluding carboxylic acids is 1. The van der Waals surface area contributed by atoms with E-state index in [1.165, 1.54) is 4.90 Å². The first-order valence-corrected chi connectivity index (χ1v) is 9.22. The van der Waals surface area contributed by atoms with Crippen molar-refractivity contribution in [1.82, 2.24) is 19.8 Å². The van der Waals surface area contributed by atoms with Crippen LogP contribution in [0.1, 0.15) is 24.7 Å². The number of guanidine groups is 1. The number of aliphatic hydroxyl groups excluding tert-OH is 1. The molecule has 1 aliphatic heterocycles. The molecular formula is C20H20ClN5O2. The van der Waals surface area contributed by atoms with Crippen LogP contribution >= 0.6 is 11.6 Å². The molecule has 3 aromatic rings. The number of hydrogen-bond acceptors (Lipinski definition) is 4. The predicted molar refractivity (Wildman–Crippen MR) is 108 cm³/mol. The molecule has 144 valence electrons. The molecule has 1 amide bonds. The first-order valence-electron chi connectivity index (χ1n) is 8.84. The highest BCUT2D eigenvalue weighted by atomic mass is 35.5. The molecule has 1 fully saturated rings. The number of rotatable bonds is 3. The second-order valence-corrected chi connectivity index (χ2v) is 7.58. The van der Waals surface area contributed by atoms with E-state index in [2.05, 4.69) is 10.3 Å². The number of carbonyl (C=O) groups is 1. The second-order valence-electron chi connectivity index (χ2n) is 7.14. The highest BCUT2D eigenvalue weighted by Gasteiger charge is 2.38. The van der Waals surface area contributed by atoms with Crippen LogP contribution in [-0.2, 0) is 16.9 Å². The maximum absolute atomic E-state index is 12.3. The molecular weight excluding hydrogens is 378 g/mol. The molecule has 0 bridgehead atoms. The van der Waals surface area contributed by atoms with Crippen molar-refractivity contribution < 1.29 is 9.90 Å². The summed E-state index contributed by atoms with van der Waals surface area (Å²) in [5.74, 6) is 0.451. The van der Waals surface area contributed by atoms with Crippen molar-refractivity contribution in [2.45, 2.75) is 25.5 Å². The third-order valence-electron chi connectivity index (χ3n) is 5.18. The summed E-state index contributed by atoms with van der Waals surface area (Å²) in [4.78, 5) is 18.1. The normalized spacial score (nSPS) is 19.9. The Labute approximate surface area is 167 Å². The van der Waals surface area contributed by atoms with Crippen molar-refractivity contribution >= 4 is 34.5 Å². The maximum atomic E-state index is 12.3. The van der Waals surface area contributed by atoms with Gasteiger partial charge in [0.1, 0.15) is 12.4 Å². The Morgan fingerprint density at radius 1 is 1.32 bits per heavy atom. The SMILES string of the molecule is CN1C(=N)N[C@](C)(c2cccc(-n3c(CO)nc4ccc(Cl)cc43)c2)CC1=O. The van der Waals surface area contributed by atoms with Gasteiger partial charge < -0.3 is 10.4 Å². The molecule has 28 heavy (non-hydrogen) atoms. The maximum Gasteiger partial charge on any atom is 0.231 e. The Morgan fingerprint density at radius 3 is 2.82 bits per heavy atom. The molecule has 1 atom stereocenters. The van der Waals surface area contributed by atoms with Crippen LogP contribution < -0.4 is 5.32 Å². The Balaban J connectivity index is 1.84. The van der Waals surface area contributed by atoms with Crippen LogP contribution in [0.5, 0.6) is 0 Å². The molecule has 8 heteroatoms. The van der Waals surface area contributed by atoms with Gasteiger partial charge >= 0.3 is 0 Å². The zero-order valence-corrected chi connectivity index (χ0v) is 16.3. The number of benzene rings is 2. The Bertz CT molecular complexity index is 1090. The lowest BCUT2D eigenvalue weighted by Crippen LogP contribution is -2.58. The van der Waals surface area contributed by atoms with Crippen LogP contribution in [-0.4, -0.2) is 38.5 Å². The van der Waals surface area contributed by atoms with E-state index in [-0.39, 0.29) is 24.9 Å². The van der Waals surface area contributed by atoms with E-state index >= 15 is 0 Å². The minimum atomic E-state index is -0.704. The first-order chi connectivity index (χ1) is 13.3. The number of aromatic nitrogens is 2. The van der Waals surface area contributed by atoms with Crippen LogP contribution in [0, 0.1) is 5.41 Å². The smallest absolute Gasteiger partial charge is 0.231 e. The van der Waals surface area contributed by atoms with E-state index in [4.69, 9.17) is 17.0 Å². The Morgan fingerprint density at radius 2 is 2.11 bits per heavy atom. The third kappa shape index (κ3) is 2.93. The van der Waals surface area contributed by atoms with E-state index < -0.39 is 5.54 Å². The predicted octanol–water partition coefficient (Wildman–Crippen LogP) is 2.77. The van der Waals surface area contributed by atoms with Gasteiger partial charge in [0.15, 0.2) is 5.96 Å². The van der Waals surface area contributed by atoms with Gasteiger partial charge in [-0.1, -0.05) is 23.7 Å². The quantitative estimate of drug-likeness (QED) is 0.633. The topological polar surface area (TPSA) is 94.2 Å². The van der Waals surface area contributed by atoms with Crippen LogP contribution in [0.3, 0.4) is 0 Å². The number of hydrogen-bond donors (Lipinski definition) is 3. The lowest BCUT2D eigenvalue weighted by atomic mass is 9.86. The van der Waals surface area contributed by atoms with E-state index in [9.17, 15) is 9.90 Å². The average Bonchev–Trinajstić information content (AvgIpc) is 3.04. The summed E-state index contributed by atoms with van der Waals surface area (Å²) >= 11 is 6.17. The summed E-state index contributed by atoms with van der Waals surface area (Å²) < 4.78 is 1.86. The third-order valence-corrected chi connectivity index (χ3v) is 5.41. The lowest BCUT2D eigenvalue weighted by Gasteiger charge is -2.39. The second kappa shape index (κ2) is 6.61. The molecule has 4 rings (SSSR count). The summed E-state index contributed by atoms with van der Waals surface area (Å²) in [6, 6.07) is 13.1. The van der Waals surface area contributed by atoms with E-state index in [1.807, 2.05) is 47.9 Å². The zero-order chi connectivity index (χ0) is 20.1. The molecule has 2 heterocycles. The molecule has 0 spiro atoms. The summed E-state index contributed by atoms with van der Waals surface area (Å²) in [5.41, 5.74) is 2.49. The molecule has 0 saturated carbocycles. The summed E-state index contributed by atoms with van der Waals surface area (Å²) in [7, 11) is 1.59. The van der Waals surface area contributed by atoms with E-state index in [0.717, 1.165) is 22.3 Å². The van der Waals surface area contributed by atoms with Crippen molar-refractivity contribution in [3.63, 3.8) is 0 Å². The van der Waals surface area contributed by atoms with Crippen molar-refractivity contribution in [2.24, 2.45) is 0 Å². The fourth-order valence-corrected chi connectivity index (χ4v) is 3.76. The summed E-state index contributed by atoms with van der Waals surface area (Å²) in [5, 5.41) is 21.6. The van der Waals surface area contributed by atoms with Gasteiger partial charge in [-0.05, 0) is 42.8 Å². The largest absolute Gasteiger partial charge is 0.388 e. The van der Waals surface area contributed by atoms with Gasteiger partial charge in [0.25, 0.3) is 0 Å². The van der Waals surface area contributed by atoms with Gasteiger partial charge in [-0.3, -0.25) is 19.7 Å². The molecule has 0 aliphatic carbocycles. The minimum Gasteiger partial charge on any atom is -0.388 e. The van der Waals surface area contributed by atoms with Gasteiger partial charge in [0.2, 0.25) is 5.91 Å². The molecule has 1 saturated heterocycles. The number of imidazole rings is 1. The Kier molecular flexibility index (Phi) is 4.36. The van der Waals surface area contributed by atoms with Crippen molar-refractivity contribution in [2.75, 3.05) is 7.05 Å². The van der Waals surface area contributed by atoms with Gasteiger partial charge in [0, 0.05) is 17.8 Å². The average molecular weight is 398 g/mol. The number of nitrogens with zero attached hydrogens (tertiary/aromatic N) is 3. The van der Waals surface area contributed by atoms with Crippen molar-refractivity contribution in [1.29, 1.82) is 5.41 Å². The van der Waals surface area contributed by atoms with E-state index in [1.54, 1.807) is 13.1 Å². The van der Waals surface area contributed by atoms with Gasteiger partial charge in [0.05, 0.1) is 23.0 Å². The highest BCUT2D eigenvalue weighted by molar-refractivity contribution is 6.31. The Hall–Kier alpha value is -2.90. The van der Waals surface area contributed by atoms with E-state index in [0.29, 0.717) is 10.8 Å². The van der Waals surface area contributed by atoms with Crippen LogP contribution in [0.15, 0.2) is 42.5 Å². The molecule has 1 aliphatic rings. The molecule has 3 N–H and O–H groups in total. The van der Waals surface area contributed by atoms with Crippen molar-refractivity contribution in [3.8, 4) is 5.69 Å². The van der Waals surface area contributed by atoms with Crippen LogP contribution in [0.25, 0.3) is 16.7 Å². The fourth-order valence-electron chi connectivity index (χ4n) is 3.59. The van der Waals surface area contributed by atoms with Gasteiger partial charge in [-0.15, -0.1) is 0 Å². The minimum absolute atomic E-state index is 0.0695. The molecule has 7 nitrogen and oxygen atoms in total. The van der Waals surface area contributed by atoms with Crippen molar-refractivity contribution in [3.05, 3.63) is 58.9 Å². The van der Waals surface area contributed by atoms with Gasteiger partial charge in [-0.25, -0.2) is 4.98 Å². The first kappa shape index (κ1) is 18.5. The molecule has 1 aromatic heterocycles. The van der Waals surface area contributed by atoms with Gasteiger partial charge in [-0.2, -0.15) is 0 Å². The standard InChI is InChI=1S/C20H20ClN5O2/c1-20(10-18(28)25(2)19(22)24-20)12-4-3-5-14(8-12)26-16-9-13(21)6-7-15(16)23-17(26)11-27/h3-9,27H,10-11H2,1-2H3,(H2,22,24)/t20-/m0/s1. The molecule has 0 unspecified atom stereocenters. The number of halogens is 1. The summed E-state index contributed by atoms with van der Waals surface area (Å²) in [6.45, 7) is 1.68. The fraction of sp³-hybridized carbons (Fsp3) is 0.250. The van der Waals surface area contributed by atoms with Crippen LogP contribution in [0.4, 0.5) is 0 Å². The zero-order valence-electron chi connectivity index (χ0n) is 15.5.